The summed E-state index contributed by atoms with van der Waals surface area (Å²) in [7, 11) is 0. The number of carbonyl (C=O) groups is 3. The van der Waals surface area contributed by atoms with Gasteiger partial charge in [-0.2, -0.15) is 0 Å². The molecule has 1 aliphatic heterocycles. The Bertz CT molecular complexity index is 1520. The lowest BCUT2D eigenvalue weighted by Gasteiger charge is -2.36. The molecular weight excluding hydrogens is 446 g/mol. The first-order valence-electron chi connectivity index (χ1n) is 11.0. The van der Waals surface area contributed by atoms with Gasteiger partial charge in [-0.05, 0) is 43.3 Å². The summed E-state index contributed by atoms with van der Waals surface area (Å²) in [4.78, 5) is 53.5. The zero-order chi connectivity index (χ0) is 24.5. The highest BCUT2D eigenvalue weighted by Gasteiger charge is 2.39. The third-order valence-corrected chi connectivity index (χ3v) is 5.84. The van der Waals surface area contributed by atoms with Crippen LogP contribution in [0.4, 0.5) is 17.1 Å². The predicted molar refractivity (Wildman–Crippen MR) is 133 cm³/mol. The molecule has 1 atom stereocenters. The number of nitrogens with zero attached hydrogens (tertiary/aromatic N) is 1. The van der Waals surface area contributed by atoms with Gasteiger partial charge in [0, 0.05) is 11.1 Å². The molecule has 8 heteroatoms. The van der Waals surface area contributed by atoms with Crippen molar-refractivity contribution in [2.75, 3.05) is 15.5 Å². The van der Waals surface area contributed by atoms with Crippen LogP contribution in [0.1, 0.15) is 22.3 Å². The number of nitrogens with one attached hydrogen (secondary N) is 2. The van der Waals surface area contributed by atoms with Crippen LogP contribution >= 0.6 is 0 Å². The lowest BCUT2D eigenvalue weighted by Crippen LogP contribution is -2.53. The Morgan fingerprint density at radius 1 is 0.971 bits per heavy atom. The third-order valence-electron chi connectivity index (χ3n) is 5.84. The summed E-state index contributed by atoms with van der Waals surface area (Å²) in [5, 5.41) is 6.08. The fourth-order valence-electron chi connectivity index (χ4n) is 4.09. The van der Waals surface area contributed by atoms with Crippen LogP contribution in [-0.2, 0) is 9.59 Å². The minimum atomic E-state index is -1.17. The maximum Gasteiger partial charge on any atom is 0.349 e. The Morgan fingerprint density at radius 3 is 2.49 bits per heavy atom. The third kappa shape index (κ3) is 4.29. The highest BCUT2D eigenvalue weighted by atomic mass is 16.4. The second-order valence-electron chi connectivity index (χ2n) is 8.30. The van der Waals surface area contributed by atoms with E-state index in [-0.39, 0.29) is 12.0 Å². The molecular formula is C27H21N3O5. The van der Waals surface area contributed by atoms with Crippen LogP contribution in [0, 0.1) is 6.92 Å². The quantitative estimate of drug-likeness (QED) is 0.440. The maximum absolute atomic E-state index is 13.7. The van der Waals surface area contributed by atoms with Gasteiger partial charge in [0.2, 0.25) is 11.8 Å². The predicted octanol–water partition coefficient (Wildman–Crippen LogP) is 4.10. The van der Waals surface area contributed by atoms with Crippen LogP contribution in [0.25, 0.3) is 11.0 Å². The SMILES string of the molecule is Cc1ccc(NC(=O)C[C@@H]2C(=O)Nc3ccccc3N2C(=O)c2cc3ccccc3oc2=O)cc1. The van der Waals surface area contributed by atoms with E-state index in [1.165, 1.54) is 11.0 Å². The van der Waals surface area contributed by atoms with E-state index in [1.54, 1.807) is 60.7 Å². The topological polar surface area (TPSA) is 109 Å². The average Bonchev–Trinajstić information content (AvgIpc) is 2.85. The van der Waals surface area contributed by atoms with Crippen molar-refractivity contribution >= 4 is 45.8 Å². The van der Waals surface area contributed by atoms with Crippen molar-refractivity contribution < 1.29 is 18.8 Å². The summed E-state index contributed by atoms with van der Waals surface area (Å²) < 4.78 is 5.34. The van der Waals surface area contributed by atoms with E-state index in [4.69, 9.17) is 4.42 Å². The Hall–Kier alpha value is -4.72. The van der Waals surface area contributed by atoms with Crippen LogP contribution in [0.2, 0.25) is 0 Å². The maximum atomic E-state index is 13.7. The van der Waals surface area contributed by atoms with Gasteiger partial charge < -0.3 is 15.1 Å². The minimum Gasteiger partial charge on any atom is -0.422 e. The number of hydrogen-bond donors (Lipinski definition) is 2. The van der Waals surface area contributed by atoms with E-state index >= 15 is 0 Å². The van der Waals surface area contributed by atoms with Crippen LogP contribution in [0.15, 0.2) is 88.1 Å². The normalized spacial score (nSPS) is 14.8. The van der Waals surface area contributed by atoms with Gasteiger partial charge in [-0.3, -0.25) is 19.3 Å². The molecule has 35 heavy (non-hydrogen) atoms. The average molecular weight is 467 g/mol. The Morgan fingerprint density at radius 2 is 1.69 bits per heavy atom. The zero-order valence-electron chi connectivity index (χ0n) is 18.8. The first kappa shape index (κ1) is 22.1. The Balaban J connectivity index is 1.52. The monoisotopic (exact) mass is 467 g/mol. The number of para-hydroxylation sites is 3. The summed E-state index contributed by atoms with van der Waals surface area (Å²) in [5.74, 6) is -1.70. The number of hydrogen-bond acceptors (Lipinski definition) is 5. The first-order chi connectivity index (χ1) is 16.9. The van der Waals surface area contributed by atoms with E-state index in [2.05, 4.69) is 10.6 Å². The van der Waals surface area contributed by atoms with Gasteiger partial charge >= 0.3 is 5.63 Å². The van der Waals surface area contributed by atoms with Gasteiger partial charge in [-0.1, -0.05) is 48.0 Å². The van der Waals surface area contributed by atoms with Crippen LogP contribution < -0.4 is 21.2 Å². The van der Waals surface area contributed by atoms with Crippen molar-refractivity contribution in [2.45, 2.75) is 19.4 Å². The Labute approximate surface area is 200 Å². The highest BCUT2D eigenvalue weighted by Crippen LogP contribution is 2.34. The molecule has 0 unspecified atom stereocenters. The van der Waals surface area contributed by atoms with Crippen LogP contribution in [-0.4, -0.2) is 23.8 Å². The van der Waals surface area contributed by atoms with Crippen molar-refractivity contribution in [2.24, 2.45) is 0 Å². The van der Waals surface area contributed by atoms with Crippen molar-refractivity contribution in [1.82, 2.24) is 0 Å². The molecule has 0 spiro atoms. The second kappa shape index (κ2) is 8.90. The summed E-state index contributed by atoms with van der Waals surface area (Å²) in [6.07, 6.45) is -0.307. The molecule has 0 saturated heterocycles. The number of fused-ring (bicyclic) bond motifs is 2. The molecule has 4 aromatic rings. The lowest BCUT2D eigenvalue weighted by atomic mass is 10.0. The number of benzene rings is 3. The molecule has 8 nitrogen and oxygen atoms in total. The standard InChI is InChI=1S/C27H21N3O5/c1-16-10-12-18(13-11-16)28-24(31)15-22-25(32)29-20-7-3-4-8-21(20)30(22)26(33)19-14-17-6-2-5-9-23(17)35-27(19)34/h2-14,22H,15H2,1H3,(H,28,31)(H,29,32)/t22-/m1/s1. The van der Waals surface area contributed by atoms with Gasteiger partial charge in [-0.15, -0.1) is 0 Å². The number of amides is 3. The Kier molecular flexibility index (Phi) is 5.62. The number of rotatable bonds is 4. The molecule has 0 saturated carbocycles. The molecule has 3 amide bonds. The summed E-state index contributed by atoms with van der Waals surface area (Å²) in [6.45, 7) is 1.93. The van der Waals surface area contributed by atoms with Crippen LogP contribution in [0.3, 0.4) is 0 Å². The van der Waals surface area contributed by atoms with Crippen molar-refractivity contribution in [3.63, 3.8) is 0 Å². The van der Waals surface area contributed by atoms with Crippen molar-refractivity contribution in [3.8, 4) is 0 Å². The summed E-state index contributed by atoms with van der Waals surface area (Å²) in [6, 6.07) is 21.1. The number of aryl methyl sites for hydroxylation is 1. The van der Waals surface area contributed by atoms with Gasteiger partial charge in [0.1, 0.15) is 17.2 Å². The summed E-state index contributed by atoms with van der Waals surface area (Å²) in [5.41, 5.74) is 1.71. The van der Waals surface area contributed by atoms with E-state index < -0.39 is 29.4 Å². The lowest BCUT2D eigenvalue weighted by molar-refractivity contribution is -0.122. The van der Waals surface area contributed by atoms with Gasteiger partial charge in [0.25, 0.3) is 5.91 Å². The molecule has 0 fully saturated rings. The van der Waals surface area contributed by atoms with Gasteiger partial charge in [-0.25, -0.2) is 4.79 Å². The molecule has 2 heterocycles. The van der Waals surface area contributed by atoms with E-state index in [0.717, 1.165) is 5.56 Å². The molecule has 174 valence electrons. The molecule has 0 aliphatic carbocycles. The molecule has 2 N–H and O–H groups in total. The van der Waals surface area contributed by atoms with Gasteiger partial charge in [0.05, 0.1) is 17.8 Å². The smallest absolute Gasteiger partial charge is 0.349 e. The molecule has 0 bridgehead atoms. The highest BCUT2D eigenvalue weighted by molar-refractivity contribution is 6.18. The van der Waals surface area contributed by atoms with E-state index in [9.17, 15) is 19.2 Å². The largest absolute Gasteiger partial charge is 0.422 e. The fraction of sp³-hybridized carbons (Fsp3) is 0.111. The van der Waals surface area contributed by atoms with E-state index in [1.807, 2.05) is 19.1 Å². The first-order valence-corrected chi connectivity index (χ1v) is 11.0. The number of carbonyl (C=O) groups excluding carboxylic acids is 3. The van der Waals surface area contributed by atoms with E-state index in [0.29, 0.717) is 28.0 Å². The second-order valence-corrected chi connectivity index (χ2v) is 8.30. The molecule has 1 aromatic heterocycles. The molecule has 0 radical (unpaired) electrons. The molecule has 5 rings (SSSR count). The number of anilines is 3. The minimum absolute atomic E-state index is 0.225. The zero-order valence-corrected chi connectivity index (χ0v) is 18.8. The van der Waals surface area contributed by atoms with Crippen molar-refractivity contribution in [1.29, 1.82) is 0 Å². The fourth-order valence-corrected chi connectivity index (χ4v) is 4.09. The molecule has 3 aromatic carbocycles. The van der Waals surface area contributed by atoms with Crippen molar-refractivity contribution in [3.05, 3.63) is 100 Å². The van der Waals surface area contributed by atoms with Gasteiger partial charge in [0.15, 0.2) is 0 Å². The van der Waals surface area contributed by atoms with Crippen LogP contribution in [0.5, 0.6) is 0 Å². The summed E-state index contributed by atoms with van der Waals surface area (Å²) >= 11 is 0. The molecule has 1 aliphatic rings.